The molecule has 0 saturated carbocycles. The summed E-state index contributed by atoms with van der Waals surface area (Å²) in [7, 11) is 0. The predicted molar refractivity (Wildman–Crippen MR) is 129 cm³/mol. The third-order valence-corrected chi connectivity index (χ3v) is 5.07. The van der Waals surface area contributed by atoms with Crippen LogP contribution in [0.5, 0.6) is 0 Å². The number of carboxylic acid groups (broad SMARTS) is 1. The predicted octanol–water partition coefficient (Wildman–Crippen LogP) is -0.153. The molecule has 0 spiro atoms. The van der Waals surface area contributed by atoms with Gasteiger partial charge in [-0.05, 0) is 37.1 Å². The number of aliphatic carboxylic acids is 1. The molecule has 7 N–H and O–H groups in total. The van der Waals surface area contributed by atoms with Gasteiger partial charge in [-0.1, -0.05) is 0 Å². The molecule has 2 heterocycles. The Hall–Kier alpha value is -4.88. The third kappa shape index (κ3) is 6.59. The number of hydrogen-bond donors (Lipinski definition) is 5. The Labute approximate surface area is 205 Å². The van der Waals surface area contributed by atoms with Crippen molar-refractivity contribution < 1.29 is 24.3 Å². The number of nitrogen functional groups attached to an aromatic ring is 2. The summed E-state index contributed by atoms with van der Waals surface area (Å²) in [5.74, 6) is -1.94. The number of hydrogen-bond acceptors (Lipinski definition) is 10. The van der Waals surface area contributed by atoms with Crippen LogP contribution in [0.3, 0.4) is 0 Å². The minimum atomic E-state index is -1.18. The highest BCUT2D eigenvalue weighted by atomic mass is 16.4. The first kappa shape index (κ1) is 25.7. The maximum atomic E-state index is 12.5. The van der Waals surface area contributed by atoms with Crippen LogP contribution in [0.25, 0.3) is 11.2 Å². The summed E-state index contributed by atoms with van der Waals surface area (Å²) in [6.07, 6.45) is 2.56. The zero-order chi connectivity index (χ0) is 26.2. The molecule has 14 heteroatoms. The first-order valence-corrected chi connectivity index (χ1v) is 10.8. The van der Waals surface area contributed by atoms with E-state index in [-0.39, 0.29) is 47.4 Å². The maximum absolute atomic E-state index is 12.5. The molecule has 0 radical (unpaired) electrons. The quantitative estimate of drug-likeness (QED) is 0.174. The molecule has 3 amide bonds. The summed E-state index contributed by atoms with van der Waals surface area (Å²) in [4.78, 5) is 64.4. The van der Waals surface area contributed by atoms with E-state index in [0.29, 0.717) is 30.8 Å². The SMILES string of the molecule is CC(=O)NCCCC(NC(=O)c1ccc(N(C=O)Cc2cnc3nc(N)nc(N)c3n2)cc1)C(=O)O. The average molecular weight is 496 g/mol. The van der Waals surface area contributed by atoms with Gasteiger partial charge in [0.15, 0.2) is 17.0 Å². The molecule has 1 atom stereocenters. The number of carboxylic acids is 1. The number of nitrogens with two attached hydrogens (primary N) is 2. The molecular formula is C22H25N9O5. The van der Waals surface area contributed by atoms with Crippen LogP contribution in [-0.4, -0.2) is 61.8 Å². The highest BCUT2D eigenvalue weighted by Crippen LogP contribution is 2.19. The lowest BCUT2D eigenvalue weighted by molar-refractivity contribution is -0.139. The molecule has 1 unspecified atom stereocenters. The average Bonchev–Trinajstić information content (AvgIpc) is 2.84. The highest BCUT2D eigenvalue weighted by molar-refractivity contribution is 5.97. The fourth-order valence-corrected chi connectivity index (χ4v) is 3.30. The number of rotatable bonds is 11. The van der Waals surface area contributed by atoms with Crippen molar-refractivity contribution in [2.45, 2.75) is 32.4 Å². The molecule has 0 aliphatic carbocycles. The minimum absolute atomic E-state index is 0.0274. The Morgan fingerprint density at radius 1 is 1.14 bits per heavy atom. The molecule has 188 valence electrons. The molecule has 14 nitrogen and oxygen atoms in total. The summed E-state index contributed by atoms with van der Waals surface area (Å²) in [6, 6.07) is 4.91. The monoisotopic (exact) mass is 495 g/mol. The van der Waals surface area contributed by atoms with Gasteiger partial charge in [0, 0.05) is 24.7 Å². The van der Waals surface area contributed by atoms with E-state index in [1.165, 1.54) is 30.2 Å². The second-order valence-electron chi connectivity index (χ2n) is 7.77. The topological polar surface area (TPSA) is 219 Å². The van der Waals surface area contributed by atoms with Crippen LogP contribution in [0.15, 0.2) is 30.5 Å². The number of nitrogens with one attached hydrogen (secondary N) is 2. The molecule has 0 saturated heterocycles. The van der Waals surface area contributed by atoms with Crippen LogP contribution in [0.1, 0.15) is 35.8 Å². The molecule has 3 aromatic rings. The van der Waals surface area contributed by atoms with Gasteiger partial charge in [-0.2, -0.15) is 9.97 Å². The van der Waals surface area contributed by atoms with Crippen molar-refractivity contribution in [3.63, 3.8) is 0 Å². The van der Waals surface area contributed by atoms with Gasteiger partial charge in [-0.15, -0.1) is 0 Å². The number of benzene rings is 1. The van der Waals surface area contributed by atoms with E-state index >= 15 is 0 Å². The standard InChI is InChI=1S/C22H25N9O5/c1-12(33)25-8-2-3-16(21(35)36)28-20(34)13-4-6-15(7-5-13)31(11-32)10-14-9-26-19-17(27-14)18(23)29-22(24)30-19/h4-7,9,11,16H,2-3,8,10H2,1H3,(H,25,33)(H,28,34)(H,35,36)(H4,23,24,26,29,30). The van der Waals surface area contributed by atoms with Crippen LogP contribution < -0.4 is 27.0 Å². The maximum Gasteiger partial charge on any atom is 0.326 e. The largest absolute Gasteiger partial charge is 0.480 e. The van der Waals surface area contributed by atoms with Crippen molar-refractivity contribution in [2.24, 2.45) is 0 Å². The molecule has 0 bridgehead atoms. The second-order valence-corrected chi connectivity index (χ2v) is 7.77. The van der Waals surface area contributed by atoms with Gasteiger partial charge >= 0.3 is 5.97 Å². The zero-order valence-corrected chi connectivity index (χ0v) is 19.3. The van der Waals surface area contributed by atoms with Crippen LogP contribution in [0, 0.1) is 0 Å². The Morgan fingerprint density at radius 2 is 1.86 bits per heavy atom. The highest BCUT2D eigenvalue weighted by Gasteiger charge is 2.20. The van der Waals surface area contributed by atoms with E-state index in [2.05, 4.69) is 30.6 Å². The summed E-state index contributed by atoms with van der Waals surface area (Å²) in [5, 5.41) is 14.4. The van der Waals surface area contributed by atoms with E-state index in [0.717, 1.165) is 0 Å². The van der Waals surface area contributed by atoms with Gasteiger partial charge in [-0.25, -0.2) is 14.8 Å². The molecule has 0 aliphatic rings. The number of anilines is 3. The fourth-order valence-electron chi connectivity index (χ4n) is 3.30. The molecule has 0 fully saturated rings. The van der Waals surface area contributed by atoms with Crippen LogP contribution >= 0.6 is 0 Å². The van der Waals surface area contributed by atoms with E-state index in [9.17, 15) is 24.3 Å². The number of amides is 3. The fraction of sp³-hybridized carbons (Fsp3) is 0.273. The molecular weight excluding hydrogens is 470 g/mol. The zero-order valence-electron chi connectivity index (χ0n) is 19.3. The van der Waals surface area contributed by atoms with Gasteiger partial charge in [-0.3, -0.25) is 14.4 Å². The summed E-state index contributed by atoms with van der Waals surface area (Å²) in [5.41, 5.74) is 13.0. The summed E-state index contributed by atoms with van der Waals surface area (Å²) >= 11 is 0. The van der Waals surface area contributed by atoms with Crippen molar-refractivity contribution in [3.8, 4) is 0 Å². The van der Waals surface area contributed by atoms with Gasteiger partial charge < -0.3 is 32.1 Å². The summed E-state index contributed by atoms with van der Waals surface area (Å²) < 4.78 is 0. The molecule has 3 rings (SSSR count). The van der Waals surface area contributed by atoms with Gasteiger partial charge in [0.25, 0.3) is 5.91 Å². The number of carbonyl (C=O) groups is 4. The first-order chi connectivity index (χ1) is 17.2. The Balaban J connectivity index is 1.66. The Morgan fingerprint density at radius 3 is 2.50 bits per heavy atom. The van der Waals surface area contributed by atoms with Gasteiger partial charge in [0.05, 0.1) is 18.4 Å². The lowest BCUT2D eigenvalue weighted by Gasteiger charge is -2.18. The summed E-state index contributed by atoms with van der Waals surface area (Å²) in [6.45, 7) is 1.72. The van der Waals surface area contributed by atoms with Crippen LogP contribution in [-0.2, 0) is 20.9 Å². The number of nitrogens with zero attached hydrogens (tertiary/aromatic N) is 5. The van der Waals surface area contributed by atoms with Crippen molar-refractivity contribution in [2.75, 3.05) is 22.9 Å². The smallest absolute Gasteiger partial charge is 0.326 e. The Kier molecular flexibility index (Phi) is 8.22. The lowest BCUT2D eigenvalue weighted by Crippen LogP contribution is -2.41. The normalized spacial score (nSPS) is 11.5. The van der Waals surface area contributed by atoms with Gasteiger partial charge in [0.2, 0.25) is 18.3 Å². The Bertz CT molecular complexity index is 1280. The molecule has 0 aliphatic heterocycles. The van der Waals surface area contributed by atoms with Crippen molar-refractivity contribution >= 4 is 52.8 Å². The van der Waals surface area contributed by atoms with E-state index < -0.39 is 17.9 Å². The molecule has 2 aromatic heterocycles. The van der Waals surface area contributed by atoms with Crippen molar-refractivity contribution in [3.05, 3.63) is 41.7 Å². The van der Waals surface area contributed by atoms with E-state index in [1.54, 1.807) is 12.1 Å². The minimum Gasteiger partial charge on any atom is -0.480 e. The molecule has 36 heavy (non-hydrogen) atoms. The number of fused-ring (bicyclic) bond motifs is 1. The third-order valence-electron chi connectivity index (χ3n) is 5.07. The number of carbonyl (C=O) groups excluding carboxylic acids is 3. The van der Waals surface area contributed by atoms with Gasteiger partial charge in [0.1, 0.15) is 6.04 Å². The van der Waals surface area contributed by atoms with Crippen molar-refractivity contribution in [1.82, 2.24) is 30.6 Å². The van der Waals surface area contributed by atoms with Crippen LogP contribution in [0.2, 0.25) is 0 Å². The molecule has 1 aromatic carbocycles. The number of aromatic nitrogens is 4. The first-order valence-electron chi connectivity index (χ1n) is 10.8. The van der Waals surface area contributed by atoms with E-state index in [1.807, 2.05) is 0 Å². The van der Waals surface area contributed by atoms with E-state index in [4.69, 9.17) is 11.5 Å². The van der Waals surface area contributed by atoms with Crippen LogP contribution in [0.4, 0.5) is 17.5 Å². The van der Waals surface area contributed by atoms with Crippen molar-refractivity contribution in [1.29, 1.82) is 0 Å². The lowest BCUT2D eigenvalue weighted by atomic mass is 10.1. The second kappa shape index (κ2) is 11.5.